The molecule has 0 spiro atoms. The fourth-order valence-corrected chi connectivity index (χ4v) is 2.61. The minimum atomic E-state index is -0.292. The summed E-state index contributed by atoms with van der Waals surface area (Å²) in [5, 5.41) is 8.14. The first-order valence-corrected chi connectivity index (χ1v) is 7.72. The summed E-state index contributed by atoms with van der Waals surface area (Å²) < 4.78 is 5.21. The third-order valence-corrected chi connectivity index (χ3v) is 3.75. The molecule has 0 aliphatic heterocycles. The zero-order valence-electron chi connectivity index (χ0n) is 12.3. The van der Waals surface area contributed by atoms with Gasteiger partial charge in [-0.15, -0.1) is 11.3 Å². The van der Waals surface area contributed by atoms with Gasteiger partial charge in [-0.1, -0.05) is 18.2 Å². The largest absolute Gasteiger partial charge is 0.495 e. The predicted octanol–water partition coefficient (Wildman–Crippen LogP) is 3.54. The van der Waals surface area contributed by atoms with E-state index in [-0.39, 0.29) is 5.91 Å². The summed E-state index contributed by atoms with van der Waals surface area (Å²) in [6.07, 6.45) is 1.69. The number of hydrogen-bond acceptors (Lipinski definition) is 6. The minimum Gasteiger partial charge on any atom is -0.495 e. The zero-order chi connectivity index (χ0) is 16.1. The molecule has 1 amide bonds. The molecule has 0 atom stereocenters. The van der Waals surface area contributed by atoms with Crippen LogP contribution in [0.5, 0.6) is 5.75 Å². The fraction of sp³-hybridized carbons (Fsp3) is 0.0625. The lowest BCUT2D eigenvalue weighted by Crippen LogP contribution is -2.13. The second kappa shape index (κ2) is 6.89. The summed E-state index contributed by atoms with van der Waals surface area (Å²) in [5.41, 5.74) is 0.937. The molecule has 0 fully saturated rings. The van der Waals surface area contributed by atoms with Crippen LogP contribution in [-0.4, -0.2) is 23.0 Å². The maximum absolute atomic E-state index is 12.3. The molecule has 3 rings (SSSR count). The van der Waals surface area contributed by atoms with E-state index >= 15 is 0 Å². The zero-order valence-corrected chi connectivity index (χ0v) is 13.1. The molecule has 116 valence electrons. The first-order valence-electron chi connectivity index (χ1n) is 6.84. The monoisotopic (exact) mass is 326 g/mol. The summed E-state index contributed by atoms with van der Waals surface area (Å²) in [7, 11) is 1.56. The number of pyridine rings is 1. The van der Waals surface area contributed by atoms with Crippen LogP contribution >= 0.6 is 11.3 Å². The number of aromatic nitrogens is 2. The van der Waals surface area contributed by atoms with Crippen molar-refractivity contribution in [2.75, 3.05) is 17.7 Å². The van der Waals surface area contributed by atoms with E-state index in [9.17, 15) is 4.79 Å². The highest BCUT2D eigenvalue weighted by molar-refractivity contribution is 7.14. The molecule has 2 heterocycles. The molecule has 0 saturated carbocycles. The maximum Gasteiger partial charge on any atom is 0.275 e. The van der Waals surface area contributed by atoms with E-state index in [1.165, 1.54) is 11.3 Å². The molecule has 0 aliphatic rings. The van der Waals surface area contributed by atoms with Gasteiger partial charge in [0.1, 0.15) is 17.3 Å². The van der Waals surface area contributed by atoms with E-state index in [4.69, 9.17) is 4.74 Å². The molecule has 0 unspecified atom stereocenters. The van der Waals surface area contributed by atoms with Crippen LogP contribution < -0.4 is 15.4 Å². The fourth-order valence-electron chi connectivity index (χ4n) is 1.92. The Kier molecular flexibility index (Phi) is 4.49. The number of ether oxygens (including phenoxy) is 1. The third-order valence-electron chi connectivity index (χ3n) is 2.99. The Hall–Kier alpha value is -2.93. The van der Waals surface area contributed by atoms with E-state index in [2.05, 4.69) is 20.6 Å². The molecule has 0 bridgehead atoms. The van der Waals surface area contributed by atoms with Crippen LogP contribution in [0.1, 0.15) is 10.5 Å². The number of anilines is 3. The molecule has 2 N–H and O–H groups in total. The number of hydrogen-bond donors (Lipinski definition) is 2. The number of para-hydroxylation sites is 2. The number of nitrogens with one attached hydrogen (secondary N) is 2. The average molecular weight is 326 g/mol. The van der Waals surface area contributed by atoms with Gasteiger partial charge in [0.15, 0.2) is 5.13 Å². The van der Waals surface area contributed by atoms with Crippen molar-refractivity contribution >= 4 is 33.9 Å². The van der Waals surface area contributed by atoms with Crippen LogP contribution in [-0.2, 0) is 0 Å². The number of amides is 1. The van der Waals surface area contributed by atoms with Crippen molar-refractivity contribution < 1.29 is 9.53 Å². The highest BCUT2D eigenvalue weighted by Crippen LogP contribution is 2.25. The summed E-state index contributed by atoms with van der Waals surface area (Å²) in [5.74, 6) is 0.987. The first kappa shape index (κ1) is 15.0. The Bertz CT molecular complexity index is 805. The van der Waals surface area contributed by atoms with E-state index in [0.717, 1.165) is 0 Å². The molecule has 0 radical (unpaired) electrons. The van der Waals surface area contributed by atoms with Crippen molar-refractivity contribution in [3.05, 3.63) is 59.7 Å². The number of carbonyl (C=O) groups excluding carboxylic acids is 1. The van der Waals surface area contributed by atoms with Crippen molar-refractivity contribution in [2.24, 2.45) is 0 Å². The molecule has 3 aromatic rings. The van der Waals surface area contributed by atoms with Crippen LogP contribution in [0.25, 0.3) is 0 Å². The van der Waals surface area contributed by atoms with E-state index in [0.29, 0.717) is 28.1 Å². The molecule has 1 aromatic carbocycles. The second-order valence-electron chi connectivity index (χ2n) is 4.53. The van der Waals surface area contributed by atoms with E-state index < -0.39 is 0 Å². The van der Waals surface area contributed by atoms with Gasteiger partial charge in [0.2, 0.25) is 0 Å². The van der Waals surface area contributed by atoms with Gasteiger partial charge in [0.25, 0.3) is 5.91 Å². The van der Waals surface area contributed by atoms with Gasteiger partial charge in [0.05, 0.1) is 12.8 Å². The number of rotatable bonds is 5. The molecular formula is C16H14N4O2S. The third kappa shape index (κ3) is 3.64. The molecule has 2 aromatic heterocycles. The van der Waals surface area contributed by atoms with Crippen LogP contribution in [0.4, 0.5) is 16.6 Å². The number of benzene rings is 1. The van der Waals surface area contributed by atoms with Crippen LogP contribution in [0.15, 0.2) is 54.0 Å². The number of methoxy groups -OCH3 is 1. The van der Waals surface area contributed by atoms with Gasteiger partial charge in [0, 0.05) is 11.6 Å². The van der Waals surface area contributed by atoms with Crippen molar-refractivity contribution in [1.82, 2.24) is 9.97 Å². The van der Waals surface area contributed by atoms with Gasteiger partial charge >= 0.3 is 0 Å². The van der Waals surface area contributed by atoms with Crippen LogP contribution in [0, 0.1) is 0 Å². The maximum atomic E-state index is 12.3. The molecule has 7 heteroatoms. The molecule has 0 saturated heterocycles. The summed E-state index contributed by atoms with van der Waals surface area (Å²) >= 11 is 1.34. The van der Waals surface area contributed by atoms with Gasteiger partial charge in [-0.25, -0.2) is 9.97 Å². The van der Waals surface area contributed by atoms with Crippen molar-refractivity contribution in [2.45, 2.75) is 0 Å². The van der Waals surface area contributed by atoms with Gasteiger partial charge in [-0.2, -0.15) is 0 Å². The minimum absolute atomic E-state index is 0.292. The number of nitrogens with zero attached hydrogens (tertiary/aromatic N) is 2. The number of carbonyl (C=O) groups is 1. The van der Waals surface area contributed by atoms with E-state index in [1.807, 2.05) is 30.3 Å². The smallest absolute Gasteiger partial charge is 0.275 e. The molecular weight excluding hydrogens is 312 g/mol. The highest BCUT2D eigenvalue weighted by atomic mass is 32.1. The Labute approximate surface area is 137 Å². The standard InChI is InChI=1S/C16H14N4O2S/c1-22-13-7-3-2-6-11(13)18-15(21)12-10-23-16(19-12)20-14-8-4-5-9-17-14/h2-10H,1H3,(H,18,21)(H,17,19,20). The molecule has 0 aliphatic carbocycles. The first-order chi connectivity index (χ1) is 11.3. The SMILES string of the molecule is COc1ccccc1NC(=O)c1csc(Nc2ccccn2)n1. The summed E-state index contributed by atoms with van der Waals surface area (Å²) in [4.78, 5) is 20.7. The number of thiazole rings is 1. The van der Waals surface area contributed by atoms with Gasteiger partial charge in [-0.05, 0) is 24.3 Å². The Balaban J connectivity index is 1.71. The van der Waals surface area contributed by atoms with E-state index in [1.54, 1.807) is 30.8 Å². The van der Waals surface area contributed by atoms with Crippen LogP contribution in [0.2, 0.25) is 0 Å². The van der Waals surface area contributed by atoms with Crippen LogP contribution in [0.3, 0.4) is 0 Å². The molecule has 23 heavy (non-hydrogen) atoms. The lowest BCUT2D eigenvalue weighted by molar-refractivity contribution is 0.102. The average Bonchev–Trinajstić information content (AvgIpc) is 3.05. The Morgan fingerprint density at radius 2 is 2.00 bits per heavy atom. The topological polar surface area (TPSA) is 76.1 Å². The molecule has 6 nitrogen and oxygen atoms in total. The van der Waals surface area contributed by atoms with Gasteiger partial charge in [-0.3, -0.25) is 4.79 Å². The summed E-state index contributed by atoms with van der Waals surface area (Å²) in [6, 6.07) is 12.8. The lowest BCUT2D eigenvalue weighted by atomic mass is 10.3. The Morgan fingerprint density at radius 3 is 2.78 bits per heavy atom. The van der Waals surface area contributed by atoms with Crippen molar-refractivity contribution in [1.29, 1.82) is 0 Å². The second-order valence-corrected chi connectivity index (χ2v) is 5.39. The summed E-state index contributed by atoms with van der Waals surface area (Å²) in [6.45, 7) is 0. The van der Waals surface area contributed by atoms with Crippen molar-refractivity contribution in [3.8, 4) is 5.75 Å². The van der Waals surface area contributed by atoms with Gasteiger partial charge < -0.3 is 15.4 Å². The quantitative estimate of drug-likeness (QED) is 0.750. The lowest BCUT2D eigenvalue weighted by Gasteiger charge is -2.08. The highest BCUT2D eigenvalue weighted by Gasteiger charge is 2.13. The normalized spacial score (nSPS) is 10.1. The predicted molar refractivity (Wildman–Crippen MR) is 90.6 cm³/mol. The Morgan fingerprint density at radius 1 is 1.17 bits per heavy atom. The van der Waals surface area contributed by atoms with Crippen molar-refractivity contribution in [3.63, 3.8) is 0 Å².